The summed E-state index contributed by atoms with van der Waals surface area (Å²) in [6, 6.07) is 10.5. The minimum Gasteiger partial charge on any atom is -0.342 e. The predicted octanol–water partition coefficient (Wildman–Crippen LogP) is 2.45. The van der Waals surface area contributed by atoms with Gasteiger partial charge in [0, 0.05) is 25.2 Å². The minimum absolute atomic E-state index is 0.197. The number of rotatable bonds is 4. The van der Waals surface area contributed by atoms with Crippen molar-refractivity contribution in [2.45, 2.75) is 32.2 Å². The third kappa shape index (κ3) is 3.51. The van der Waals surface area contributed by atoms with Crippen LogP contribution in [0, 0.1) is 5.92 Å². The van der Waals surface area contributed by atoms with E-state index in [0.717, 1.165) is 63.2 Å². The van der Waals surface area contributed by atoms with Crippen LogP contribution in [0.15, 0.2) is 36.5 Å². The molecule has 2 aromatic rings. The van der Waals surface area contributed by atoms with Crippen molar-refractivity contribution in [1.82, 2.24) is 24.8 Å². The van der Waals surface area contributed by atoms with Gasteiger partial charge in [-0.2, -0.15) is 0 Å². The Hall–Kier alpha value is -2.21. The summed E-state index contributed by atoms with van der Waals surface area (Å²) < 4.78 is 1.98. The first-order valence-electron chi connectivity index (χ1n) is 9.73. The van der Waals surface area contributed by atoms with E-state index in [1.165, 1.54) is 0 Å². The number of hydrogen-bond acceptors (Lipinski definition) is 4. The fourth-order valence-electron chi connectivity index (χ4n) is 4.13. The monoisotopic (exact) mass is 353 g/mol. The Labute approximate surface area is 154 Å². The van der Waals surface area contributed by atoms with E-state index >= 15 is 0 Å². The molecule has 6 heteroatoms. The molecule has 0 N–H and O–H groups in total. The number of carbonyl (C=O) groups excluding carboxylic acids is 1. The zero-order chi connectivity index (χ0) is 17.9. The first kappa shape index (κ1) is 17.2. The Bertz CT molecular complexity index is 736. The Balaban J connectivity index is 1.34. The lowest BCUT2D eigenvalue weighted by atomic mass is 10.0. The van der Waals surface area contributed by atoms with Crippen LogP contribution in [-0.2, 0) is 4.79 Å². The van der Waals surface area contributed by atoms with Gasteiger partial charge in [-0.25, -0.2) is 4.68 Å². The summed E-state index contributed by atoms with van der Waals surface area (Å²) in [6.45, 7) is 6.85. The van der Waals surface area contributed by atoms with Gasteiger partial charge in [0.15, 0.2) is 0 Å². The third-order valence-electron chi connectivity index (χ3n) is 5.80. The lowest BCUT2D eigenvalue weighted by Crippen LogP contribution is -2.43. The summed E-state index contributed by atoms with van der Waals surface area (Å²) in [6.07, 6.45) is 4.95. The van der Waals surface area contributed by atoms with E-state index in [4.69, 9.17) is 0 Å². The summed E-state index contributed by atoms with van der Waals surface area (Å²) in [4.78, 5) is 17.2. The van der Waals surface area contributed by atoms with E-state index < -0.39 is 0 Å². The summed E-state index contributed by atoms with van der Waals surface area (Å²) >= 11 is 0. The second-order valence-corrected chi connectivity index (χ2v) is 7.39. The summed E-state index contributed by atoms with van der Waals surface area (Å²) in [5.74, 6) is 0.547. The molecule has 2 saturated heterocycles. The Morgan fingerprint density at radius 3 is 2.58 bits per heavy atom. The predicted molar refractivity (Wildman–Crippen MR) is 101 cm³/mol. The molecule has 1 atom stereocenters. The topological polar surface area (TPSA) is 54.3 Å². The van der Waals surface area contributed by atoms with Crippen LogP contribution in [0.4, 0.5) is 0 Å². The number of amides is 1. The van der Waals surface area contributed by atoms with Crippen molar-refractivity contribution >= 4 is 5.91 Å². The number of piperidine rings is 1. The molecule has 26 heavy (non-hydrogen) atoms. The summed E-state index contributed by atoms with van der Waals surface area (Å²) in [5, 5.41) is 8.66. The Morgan fingerprint density at radius 1 is 1.12 bits per heavy atom. The summed E-state index contributed by atoms with van der Waals surface area (Å²) in [7, 11) is 0. The number of benzene rings is 1. The van der Waals surface area contributed by atoms with Crippen molar-refractivity contribution in [3.63, 3.8) is 0 Å². The third-order valence-corrected chi connectivity index (χ3v) is 5.80. The van der Waals surface area contributed by atoms with Crippen molar-refractivity contribution in [3.05, 3.63) is 36.5 Å². The van der Waals surface area contributed by atoms with Crippen molar-refractivity contribution < 1.29 is 4.79 Å². The van der Waals surface area contributed by atoms with Gasteiger partial charge in [0.05, 0.1) is 18.2 Å². The van der Waals surface area contributed by atoms with Crippen LogP contribution < -0.4 is 0 Å². The average Bonchev–Trinajstić information content (AvgIpc) is 3.38. The van der Waals surface area contributed by atoms with E-state index in [-0.39, 0.29) is 5.92 Å². The first-order valence-corrected chi connectivity index (χ1v) is 9.73. The van der Waals surface area contributed by atoms with E-state index in [9.17, 15) is 4.79 Å². The maximum absolute atomic E-state index is 12.8. The molecule has 0 spiro atoms. The van der Waals surface area contributed by atoms with Crippen molar-refractivity contribution in [1.29, 1.82) is 0 Å². The number of aromatic nitrogens is 3. The molecular weight excluding hydrogens is 326 g/mol. The Morgan fingerprint density at radius 2 is 1.88 bits per heavy atom. The van der Waals surface area contributed by atoms with Gasteiger partial charge in [0.2, 0.25) is 5.91 Å². The maximum Gasteiger partial charge on any atom is 0.227 e. The van der Waals surface area contributed by atoms with Crippen LogP contribution in [0.2, 0.25) is 0 Å². The fourth-order valence-corrected chi connectivity index (χ4v) is 4.13. The van der Waals surface area contributed by atoms with Gasteiger partial charge < -0.3 is 9.80 Å². The van der Waals surface area contributed by atoms with Gasteiger partial charge >= 0.3 is 0 Å². The maximum atomic E-state index is 12.8. The average molecular weight is 353 g/mol. The number of carbonyl (C=O) groups is 1. The van der Waals surface area contributed by atoms with Crippen molar-refractivity contribution in [2.75, 3.05) is 32.7 Å². The molecule has 4 rings (SSSR count). The Kier molecular flexibility index (Phi) is 5.02. The molecule has 1 aromatic heterocycles. The number of likely N-dealkylation sites (tertiary alicyclic amines) is 2. The van der Waals surface area contributed by atoms with E-state index in [1.807, 2.05) is 29.1 Å². The first-order chi connectivity index (χ1) is 12.7. The SMILES string of the molecule is CCN1CCC(C(=O)N2CCC(n3cc(-c4ccccc4)nn3)CC2)C1. The normalized spacial score (nSPS) is 22.0. The smallest absolute Gasteiger partial charge is 0.227 e. The fraction of sp³-hybridized carbons (Fsp3) is 0.550. The van der Waals surface area contributed by atoms with Gasteiger partial charge in [0.1, 0.15) is 5.69 Å². The standard InChI is InChI=1S/C20H27N5O/c1-2-23-11-8-17(14-23)20(26)24-12-9-18(10-13-24)25-15-19(21-22-25)16-6-4-3-5-7-16/h3-7,15,17-18H,2,8-14H2,1H3. The number of hydrogen-bond donors (Lipinski definition) is 0. The molecule has 0 bridgehead atoms. The molecule has 2 fully saturated rings. The quantitative estimate of drug-likeness (QED) is 0.847. The lowest BCUT2D eigenvalue weighted by Gasteiger charge is -2.33. The molecule has 0 radical (unpaired) electrons. The molecule has 0 saturated carbocycles. The summed E-state index contributed by atoms with van der Waals surface area (Å²) in [5.41, 5.74) is 2.00. The van der Waals surface area contributed by atoms with Gasteiger partial charge in [0.25, 0.3) is 0 Å². The van der Waals surface area contributed by atoms with Crippen LogP contribution in [0.5, 0.6) is 0 Å². The zero-order valence-electron chi connectivity index (χ0n) is 15.4. The molecule has 1 amide bonds. The molecule has 0 aliphatic carbocycles. The highest BCUT2D eigenvalue weighted by molar-refractivity contribution is 5.79. The second kappa shape index (κ2) is 7.58. The number of nitrogens with zero attached hydrogens (tertiary/aromatic N) is 5. The van der Waals surface area contributed by atoms with Gasteiger partial charge in [-0.05, 0) is 32.4 Å². The molecule has 1 aromatic carbocycles. The van der Waals surface area contributed by atoms with Crippen LogP contribution in [0.3, 0.4) is 0 Å². The molecule has 2 aliphatic rings. The van der Waals surface area contributed by atoms with E-state index in [2.05, 4.69) is 39.2 Å². The largest absolute Gasteiger partial charge is 0.342 e. The van der Waals surface area contributed by atoms with E-state index in [0.29, 0.717) is 11.9 Å². The molecule has 1 unspecified atom stereocenters. The highest BCUT2D eigenvalue weighted by Crippen LogP contribution is 2.26. The van der Waals surface area contributed by atoms with Crippen LogP contribution in [0.1, 0.15) is 32.2 Å². The van der Waals surface area contributed by atoms with Gasteiger partial charge in [-0.15, -0.1) is 5.10 Å². The highest BCUT2D eigenvalue weighted by Gasteiger charge is 2.33. The second-order valence-electron chi connectivity index (χ2n) is 7.39. The molecular formula is C20H27N5O. The minimum atomic E-state index is 0.197. The molecule has 138 valence electrons. The van der Waals surface area contributed by atoms with Crippen molar-refractivity contribution in [2.24, 2.45) is 5.92 Å². The van der Waals surface area contributed by atoms with Crippen LogP contribution >= 0.6 is 0 Å². The zero-order valence-corrected chi connectivity index (χ0v) is 15.4. The lowest BCUT2D eigenvalue weighted by molar-refractivity contribution is -0.136. The molecule has 2 aliphatic heterocycles. The highest BCUT2D eigenvalue weighted by atomic mass is 16.2. The van der Waals surface area contributed by atoms with Crippen molar-refractivity contribution in [3.8, 4) is 11.3 Å². The van der Waals surface area contributed by atoms with Gasteiger partial charge in [-0.3, -0.25) is 4.79 Å². The molecule has 6 nitrogen and oxygen atoms in total. The van der Waals surface area contributed by atoms with E-state index in [1.54, 1.807) is 0 Å². The van der Waals surface area contributed by atoms with Crippen LogP contribution in [0.25, 0.3) is 11.3 Å². The van der Waals surface area contributed by atoms with Crippen LogP contribution in [-0.4, -0.2) is 63.4 Å². The van der Waals surface area contributed by atoms with Gasteiger partial charge in [-0.1, -0.05) is 42.5 Å². The molecule has 3 heterocycles.